The molecule has 2 saturated carbocycles. The molecule has 0 radical (unpaired) electrons. The van der Waals surface area contributed by atoms with E-state index < -0.39 is 5.60 Å². The summed E-state index contributed by atoms with van der Waals surface area (Å²) in [5, 5.41) is 3.01. The summed E-state index contributed by atoms with van der Waals surface area (Å²) in [5.74, 6) is 0.956. The molecule has 0 aromatic carbocycles. The van der Waals surface area contributed by atoms with Crippen LogP contribution in [-0.4, -0.2) is 42.3 Å². The molecule has 2 aliphatic rings. The van der Waals surface area contributed by atoms with Crippen molar-refractivity contribution in [1.29, 1.82) is 0 Å². The molecule has 2 aliphatic carbocycles. The molecule has 2 fully saturated rings. The van der Waals surface area contributed by atoms with Gasteiger partial charge in [-0.15, -0.1) is 0 Å². The highest BCUT2D eigenvalue weighted by molar-refractivity contribution is 5.68. The van der Waals surface area contributed by atoms with E-state index in [4.69, 9.17) is 4.74 Å². The van der Waals surface area contributed by atoms with Crippen LogP contribution in [0.1, 0.15) is 59.3 Å². The van der Waals surface area contributed by atoms with Gasteiger partial charge in [0.2, 0.25) is 0 Å². The molecular formula is C16H30N2O2. The average Bonchev–Trinajstić information content (AvgIpc) is 3.11. The Morgan fingerprint density at radius 1 is 1.15 bits per heavy atom. The zero-order chi connectivity index (χ0) is 14.8. The zero-order valence-electron chi connectivity index (χ0n) is 13.4. The lowest BCUT2D eigenvalue weighted by Crippen LogP contribution is -2.44. The van der Waals surface area contributed by atoms with Gasteiger partial charge in [-0.3, -0.25) is 0 Å². The van der Waals surface area contributed by atoms with Crippen LogP contribution in [0.4, 0.5) is 4.79 Å². The van der Waals surface area contributed by atoms with Crippen LogP contribution in [0, 0.1) is 5.92 Å². The van der Waals surface area contributed by atoms with Gasteiger partial charge < -0.3 is 15.0 Å². The summed E-state index contributed by atoms with van der Waals surface area (Å²) in [5.41, 5.74) is -0.411. The lowest BCUT2D eigenvalue weighted by Gasteiger charge is -2.35. The molecule has 0 heterocycles. The molecule has 0 aliphatic heterocycles. The Hall–Kier alpha value is -0.770. The van der Waals surface area contributed by atoms with E-state index in [0.717, 1.165) is 18.8 Å². The second-order valence-corrected chi connectivity index (χ2v) is 7.53. The van der Waals surface area contributed by atoms with E-state index in [1.165, 1.54) is 32.2 Å². The lowest BCUT2D eigenvalue weighted by molar-refractivity contribution is 0.0480. The fraction of sp³-hybridized carbons (Fsp3) is 0.938. The Kier molecular flexibility index (Phi) is 4.95. The van der Waals surface area contributed by atoms with Crippen LogP contribution in [0.2, 0.25) is 0 Å². The van der Waals surface area contributed by atoms with Gasteiger partial charge in [0.05, 0.1) is 0 Å². The predicted molar refractivity (Wildman–Crippen MR) is 80.8 cm³/mol. The van der Waals surface area contributed by atoms with Crippen LogP contribution in [-0.2, 0) is 4.74 Å². The zero-order valence-corrected chi connectivity index (χ0v) is 13.4. The van der Waals surface area contributed by atoms with Gasteiger partial charge in [-0.1, -0.05) is 0 Å². The van der Waals surface area contributed by atoms with Crippen LogP contribution in [0.25, 0.3) is 0 Å². The first-order valence-electron chi connectivity index (χ1n) is 8.03. The largest absolute Gasteiger partial charge is 0.444 e. The third-order valence-electron chi connectivity index (χ3n) is 4.28. The second-order valence-electron chi connectivity index (χ2n) is 7.53. The number of hydrogen-bond donors (Lipinski definition) is 1. The van der Waals surface area contributed by atoms with E-state index in [-0.39, 0.29) is 12.1 Å². The fourth-order valence-electron chi connectivity index (χ4n) is 2.99. The quantitative estimate of drug-likeness (QED) is 0.861. The van der Waals surface area contributed by atoms with Gasteiger partial charge in [-0.25, -0.2) is 4.79 Å². The first kappa shape index (κ1) is 15.6. The van der Waals surface area contributed by atoms with Gasteiger partial charge >= 0.3 is 6.09 Å². The maximum atomic E-state index is 11.8. The number of nitrogens with zero attached hydrogens (tertiary/aromatic N) is 1. The highest BCUT2D eigenvalue weighted by Crippen LogP contribution is 2.31. The van der Waals surface area contributed by atoms with Crippen molar-refractivity contribution < 1.29 is 9.53 Å². The number of carbonyl (C=O) groups is 1. The maximum absolute atomic E-state index is 11.8. The van der Waals surface area contributed by atoms with Crippen LogP contribution in [0.3, 0.4) is 0 Å². The molecule has 2 rings (SSSR count). The normalized spacial score (nSPS) is 27.4. The van der Waals surface area contributed by atoms with E-state index in [9.17, 15) is 4.79 Å². The average molecular weight is 282 g/mol. The number of hydrogen-bond acceptors (Lipinski definition) is 3. The molecule has 1 N–H and O–H groups in total. The smallest absolute Gasteiger partial charge is 0.407 e. The Labute approximate surface area is 123 Å². The molecule has 0 unspecified atom stereocenters. The summed E-state index contributed by atoms with van der Waals surface area (Å²) in [4.78, 5) is 14.3. The fourth-order valence-corrected chi connectivity index (χ4v) is 2.99. The third-order valence-corrected chi connectivity index (χ3v) is 4.28. The van der Waals surface area contributed by atoms with Crippen molar-refractivity contribution in [2.24, 2.45) is 5.92 Å². The molecule has 4 nitrogen and oxygen atoms in total. The molecular weight excluding hydrogens is 252 g/mol. The molecule has 0 spiro atoms. The molecule has 0 aromatic rings. The van der Waals surface area contributed by atoms with Gasteiger partial charge in [0.1, 0.15) is 5.60 Å². The number of rotatable bonds is 4. The van der Waals surface area contributed by atoms with Gasteiger partial charge in [0.25, 0.3) is 0 Å². The number of alkyl carbamates (subject to hydrolysis) is 1. The molecule has 0 saturated heterocycles. The molecule has 20 heavy (non-hydrogen) atoms. The standard InChI is InChI=1S/C16H30N2O2/c1-16(2,3)20-15(19)17-13-7-9-14(10-8-13)18(4)11-12-5-6-12/h12-14H,5-11H2,1-4H3,(H,17,19). The van der Waals surface area contributed by atoms with Crippen molar-refractivity contribution in [3.63, 3.8) is 0 Å². The highest BCUT2D eigenvalue weighted by atomic mass is 16.6. The molecule has 0 aromatic heterocycles. The van der Waals surface area contributed by atoms with Crippen molar-refractivity contribution in [2.45, 2.75) is 77.0 Å². The minimum absolute atomic E-state index is 0.271. The molecule has 0 bridgehead atoms. The van der Waals surface area contributed by atoms with E-state index in [1.54, 1.807) is 0 Å². The minimum Gasteiger partial charge on any atom is -0.444 e. The first-order chi connectivity index (χ1) is 9.33. The van der Waals surface area contributed by atoms with E-state index in [0.29, 0.717) is 6.04 Å². The molecule has 116 valence electrons. The molecule has 1 amide bonds. The van der Waals surface area contributed by atoms with Crippen LogP contribution < -0.4 is 5.32 Å². The molecule has 0 atom stereocenters. The van der Waals surface area contributed by atoms with Crippen molar-refractivity contribution in [1.82, 2.24) is 10.2 Å². The summed E-state index contributed by atoms with van der Waals surface area (Å²) in [6.45, 7) is 6.96. The maximum Gasteiger partial charge on any atom is 0.407 e. The third kappa shape index (κ3) is 5.31. The Balaban J connectivity index is 1.67. The Bertz CT molecular complexity index is 326. The highest BCUT2D eigenvalue weighted by Gasteiger charge is 2.29. The topological polar surface area (TPSA) is 41.6 Å². The summed E-state index contributed by atoms with van der Waals surface area (Å²) >= 11 is 0. The van der Waals surface area contributed by atoms with Gasteiger partial charge in [-0.05, 0) is 72.3 Å². The van der Waals surface area contributed by atoms with Crippen molar-refractivity contribution in [2.75, 3.05) is 13.6 Å². The minimum atomic E-state index is -0.411. The van der Waals surface area contributed by atoms with Crippen LogP contribution >= 0.6 is 0 Å². The van der Waals surface area contributed by atoms with E-state index >= 15 is 0 Å². The Morgan fingerprint density at radius 3 is 2.25 bits per heavy atom. The van der Waals surface area contributed by atoms with Crippen molar-refractivity contribution in [3.05, 3.63) is 0 Å². The van der Waals surface area contributed by atoms with Gasteiger partial charge in [0, 0.05) is 18.6 Å². The lowest BCUT2D eigenvalue weighted by atomic mass is 9.90. The van der Waals surface area contributed by atoms with E-state index in [2.05, 4.69) is 17.3 Å². The molecule has 4 heteroatoms. The monoisotopic (exact) mass is 282 g/mol. The Morgan fingerprint density at radius 2 is 1.75 bits per heavy atom. The first-order valence-corrected chi connectivity index (χ1v) is 8.03. The predicted octanol–water partition coefficient (Wildman–Crippen LogP) is 3.16. The second kappa shape index (κ2) is 6.33. The van der Waals surface area contributed by atoms with E-state index in [1.807, 2.05) is 20.8 Å². The summed E-state index contributed by atoms with van der Waals surface area (Å²) in [6, 6.07) is 0.989. The SMILES string of the molecule is CN(CC1CC1)C1CCC(NC(=O)OC(C)(C)C)CC1. The summed E-state index contributed by atoms with van der Waals surface area (Å²) in [6.07, 6.45) is 7.07. The van der Waals surface area contributed by atoms with Crippen LogP contribution in [0.5, 0.6) is 0 Å². The number of ether oxygens (including phenoxy) is 1. The number of nitrogens with one attached hydrogen (secondary N) is 1. The van der Waals surface area contributed by atoms with Gasteiger partial charge in [0.15, 0.2) is 0 Å². The number of carbonyl (C=O) groups excluding carboxylic acids is 1. The van der Waals surface area contributed by atoms with Gasteiger partial charge in [-0.2, -0.15) is 0 Å². The summed E-state index contributed by atoms with van der Waals surface area (Å²) in [7, 11) is 2.25. The van der Waals surface area contributed by atoms with Crippen molar-refractivity contribution >= 4 is 6.09 Å². The number of amides is 1. The van der Waals surface area contributed by atoms with Crippen molar-refractivity contribution in [3.8, 4) is 0 Å². The summed E-state index contributed by atoms with van der Waals surface area (Å²) < 4.78 is 5.32. The van der Waals surface area contributed by atoms with Crippen LogP contribution in [0.15, 0.2) is 0 Å².